The lowest BCUT2D eigenvalue weighted by Crippen LogP contribution is -2.28. The summed E-state index contributed by atoms with van der Waals surface area (Å²) in [4.78, 5) is 28.8. The lowest BCUT2D eigenvalue weighted by molar-refractivity contribution is -0.113. The fourth-order valence-electron chi connectivity index (χ4n) is 4.44. The Hall–Kier alpha value is -2.75. The third kappa shape index (κ3) is 5.26. The Morgan fingerprint density at radius 2 is 2.18 bits per heavy atom. The summed E-state index contributed by atoms with van der Waals surface area (Å²) in [6.45, 7) is 4.90. The number of hydrogen-bond acceptors (Lipinski definition) is 8. The van der Waals surface area contributed by atoms with Crippen LogP contribution in [0.3, 0.4) is 0 Å². The second-order valence-electron chi connectivity index (χ2n) is 8.51. The Bertz CT molecular complexity index is 1160. The summed E-state index contributed by atoms with van der Waals surface area (Å²) in [5, 5.41) is 6.41. The zero-order valence-electron chi connectivity index (χ0n) is 18.7. The van der Waals surface area contributed by atoms with Crippen molar-refractivity contribution in [1.82, 2.24) is 25.2 Å². The second kappa shape index (κ2) is 10.0. The molecule has 172 valence electrons. The summed E-state index contributed by atoms with van der Waals surface area (Å²) >= 11 is 1.54. The first-order valence-corrected chi connectivity index (χ1v) is 12.3. The summed E-state index contributed by atoms with van der Waals surface area (Å²) in [7, 11) is 1.64. The van der Waals surface area contributed by atoms with Crippen molar-refractivity contribution < 1.29 is 9.53 Å². The van der Waals surface area contributed by atoms with Crippen molar-refractivity contribution in [3.05, 3.63) is 47.8 Å². The van der Waals surface area contributed by atoms with E-state index in [2.05, 4.69) is 36.6 Å². The van der Waals surface area contributed by atoms with Crippen LogP contribution in [0.2, 0.25) is 0 Å². The zero-order chi connectivity index (χ0) is 22.6. The number of anilines is 1. The summed E-state index contributed by atoms with van der Waals surface area (Å²) in [6, 6.07) is 9.97. The minimum Gasteiger partial charge on any atom is -0.481 e. The maximum absolute atomic E-state index is 11.6. The van der Waals surface area contributed by atoms with E-state index in [0.717, 1.165) is 54.2 Å². The van der Waals surface area contributed by atoms with E-state index in [1.54, 1.807) is 18.9 Å². The van der Waals surface area contributed by atoms with Crippen LogP contribution in [-0.4, -0.2) is 64.8 Å². The monoisotopic (exact) mass is 464 g/mol. The summed E-state index contributed by atoms with van der Waals surface area (Å²) in [5.74, 6) is 2.43. The van der Waals surface area contributed by atoms with Gasteiger partial charge in [0, 0.05) is 31.9 Å². The van der Waals surface area contributed by atoms with Gasteiger partial charge in [-0.05, 0) is 61.7 Å². The van der Waals surface area contributed by atoms with Crippen molar-refractivity contribution >= 4 is 34.5 Å². The number of pyridine rings is 3. The van der Waals surface area contributed by atoms with Gasteiger partial charge in [-0.25, -0.2) is 9.97 Å². The molecule has 5 heterocycles. The average Bonchev–Trinajstić information content (AvgIpc) is 3.29. The molecule has 0 aliphatic carbocycles. The number of nitrogens with one attached hydrogen (secondary N) is 2. The van der Waals surface area contributed by atoms with Crippen LogP contribution in [0.5, 0.6) is 5.88 Å². The van der Waals surface area contributed by atoms with Crippen molar-refractivity contribution in [2.45, 2.75) is 24.3 Å². The van der Waals surface area contributed by atoms with Gasteiger partial charge in [0.1, 0.15) is 5.82 Å². The number of ether oxygens (including phenoxy) is 1. The van der Waals surface area contributed by atoms with Crippen LogP contribution < -0.4 is 15.4 Å². The quantitative estimate of drug-likeness (QED) is 0.526. The maximum atomic E-state index is 11.6. The van der Waals surface area contributed by atoms with Gasteiger partial charge in [-0.3, -0.25) is 9.78 Å². The Balaban J connectivity index is 1.10. The number of fused-ring (bicyclic) bond motifs is 2. The molecule has 0 saturated carbocycles. The van der Waals surface area contributed by atoms with Gasteiger partial charge in [0.15, 0.2) is 0 Å². The Morgan fingerprint density at radius 1 is 1.24 bits per heavy atom. The number of hydrogen-bond donors (Lipinski definition) is 2. The number of carbonyl (C=O) groups excluding carboxylic acids is 1. The van der Waals surface area contributed by atoms with E-state index in [1.807, 2.05) is 30.5 Å². The minimum absolute atomic E-state index is 0.0193. The standard InChI is InChI=1S/C24H28N6O2S/c1-32-22-5-3-19-23(29-22)17(6-9-26-19)8-11-30-10-7-16(14-30)12-25-13-18-2-4-20-24(27-18)28-21(31)15-33-20/h2-6,9,16,25H,7-8,10-15H2,1H3,(H,27,28,31)/t16-/m0/s1. The van der Waals surface area contributed by atoms with Crippen molar-refractivity contribution in [1.29, 1.82) is 0 Å². The maximum Gasteiger partial charge on any atom is 0.235 e. The number of thioether (sulfide) groups is 1. The van der Waals surface area contributed by atoms with Crippen LogP contribution in [0.25, 0.3) is 11.0 Å². The molecule has 1 atom stereocenters. The van der Waals surface area contributed by atoms with E-state index in [9.17, 15) is 4.79 Å². The zero-order valence-corrected chi connectivity index (χ0v) is 19.5. The van der Waals surface area contributed by atoms with E-state index in [-0.39, 0.29) is 5.91 Å². The molecule has 0 bridgehead atoms. The highest BCUT2D eigenvalue weighted by molar-refractivity contribution is 8.00. The van der Waals surface area contributed by atoms with Gasteiger partial charge in [0.05, 0.1) is 34.5 Å². The Labute approximate surface area is 197 Å². The normalized spacial score (nSPS) is 18.3. The Morgan fingerprint density at radius 3 is 3.09 bits per heavy atom. The molecule has 0 radical (unpaired) electrons. The highest BCUT2D eigenvalue weighted by Gasteiger charge is 2.22. The fourth-order valence-corrected chi connectivity index (χ4v) is 5.20. The largest absolute Gasteiger partial charge is 0.481 e. The molecule has 2 aliphatic heterocycles. The van der Waals surface area contributed by atoms with Crippen LogP contribution in [0.4, 0.5) is 5.82 Å². The Kier molecular flexibility index (Phi) is 6.70. The third-order valence-corrected chi connectivity index (χ3v) is 7.24. The molecule has 33 heavy (non-hydrogen) atoms. The number of amides is 1. The van der Waals surface area contributed by atoms with Crippen molar-refractivity contribution in [2.75, 3.05) is 44.4 Å². The molecular weight excluding hydrogens is 436 g/mol. The van der Waals surface area contributed by atoms with E-state index < -0.39 is 0 Å². The molecule has 3 aromatic heterocycles. The van der Waals surface area contributed by atoms with E-state index in [1.165, 1.54) is 12.0 Å². The van der Waals surface area contributed by atoms with Gasteiger partial charge >= 0.3 is 0 Å². The highest BCUT2D eigenvalue weighted by atomic mass is 32.2. The molecule has 5 rings (SSSR count). The SMILES string of the molecule is COc1ccc2nccc(CCN3CC[C@@H](CNCc4ccc5c(n4)NC(=O)CS5)C3)c2n1. The number of aromatic nitrogens is 3. The highest BCUT2D eigenvalue weighted by Crippen LogP contribution is 2.29. The summed E-state index contributed by atoms with van der Waals surface area (Å²) < 4.78 is 5.29. The van der Waals surface area contributed by atoms with Crippen molar-refractivity contribution in [3.63, 3.8) is 0 Å². The van der Waals surface area contributed by atoms with Crippen LogP contribution in [0, 0.1) is 5.92 Å². The number of rotatable bonds is 8. The van der Waals surface area contributed by atoms with Crippen LogP contribution in [0.1, 0.15) is 17.7 Å². The molecule has 0 spiro atoms. The molecule has 0 aromatic carbocycles. The number of likely N-dealkylation sites (tertiary alicyclic amines) is 1. The van der Waals surface area contributed by atoms with Crippen LogP contribution in [0.15, 0.2) is 41.4 Å². The van der Waals surface area contributed by atoms with E-state index in [0.29, 0.717) is 29.9 Å². The molecule has 9 heteroatoms. The number of carbonyl (C=O) groups is 1. The summed E-state index contributed by atoms with van der Waals surface area (Å²) in [5.41, 5.74) is 4.01. The molecule has 1 amide bonds. The van der Waals surface area contributed by atoms with Gasteiger partial charge in [0.2, 0.25) is 11.8 Å². The number of methoxy groups -OCH3 is 1. The fraction of sp³-hybridized carbons (Fsp3) is 0.417. The molecule has 1 fully saturated rings. The van der Waals surface area contributed by atoms with Crippen molar-refractivity contribution in [2.24, 2.45) is 5.92 Å². The predicted octanol–water partition coefficient (Wildman–Crippen LogP) is 2.73. The molecule has 1 saturated heterocycles. The average molecular weight is 465 g/mol. The first-order chi connectivity index (χ1) is 16.2. The summed E-state index contributed by atoms with van der Waals surface area (Å²) in [6.07, 6.45) is 4.00. The van der Waals surface area contributed by atoms with Gasteiger partial charge in [-0.1, -0.05) is 0 Å². The smallest absolute Gasteiger partial charge is 0.235 e. The lowest BCUT2D eigenvalue weighted by Gasteiger charge is -2.17. The van der Waals surface area contributed by atoms with E-state index in [4.69, 9.17) is 4.74 Å². The third-order valence-electron chi connectivity index (χ3n) is 6.19. The van der Waals surface area contributed by atoms with E-state index >= 15 is 0 Å². The predicted molar refractivity (Wildman–Crippen MR) is 130 cm³/mol. The molecule has 2 aliphatic rings. The molecule has 8 nitrogen and oxygen atoms in total. The number of nitrogens with zero attached hydrogens (tertiary/aromatic N) is 4. The second-order valence-corrected chi connectivity index (χ2v) is 9.53. The molecule has 2 N–H and O–H groups in total. The minimum atomic E-state index is 0.0193. The molecule has 3 aromatic rings. The van der Waals surface area contributed by atoms with Crippen molar-refractivity contribution in [3.8, 4) is 5.88 Å². The van der Waals surface area contributed by atoms with Gasteiger partial charge in [-0.2, -0.15) is 0 Å². The topological polar surface area (TPSA) is 92.3 Å². The van der Waals surface area contributed by atoms with Crippen LogP contribution >= 0.6 is 11.8 Å². The molecule has 0 unspecified atom stereocenters. The lowest BCUT2D eigenvalue weighted by atomic mass is 10.1. The van der Waals surface area contributed by atoms with Gasteiger partial charge in [-0.15, -0.1) is 11.8 Å². The first-order valence-electron chi connectivity index (χ1n) is 11.3. The van der Waals surface area contributed by atoms with Crippen LogP contribution in [-0.2, 0) is 17.8 Å². The molecular formula is C24H28N6O2S. The first kappa shape index (κ1) is 22.1. The van der Waals surface area contributed by atoms with Gasteiger partial charge in [0.25, 0.3) is 0 Å². The van der Waals surface area contributed by atoms with Gasteiger partial charge < -0.3 is 20.3 Å².